The van der Waals surface area contributed by atoms with Crippen LogP contribution in [0.5, 0.6) is 0 Å². The molecule has 0 unspecified atom stereocenters. The Hall–Kier alpha value is 0.520. The molecule has 8 nitrogen and oxygen atoms in total. The first-order chi connectivity index (χ1) is 14.6. The highest BCUT2D eigenvalue weighted by atomic mass is 32.5. The lowest BCUT2D eigenvalue weighted by Gasteiger charge is -2.39. The summed E-state index contributed by atoms with van der Waals surface area (Å²) in [6.45, 7) is 12.6. The Labute approximate surface area is 214 Å². The molecule has 2 N–H and O–H groups in total. The van der Waals surface area contributed by atoms with Crippen LogP contribution in [0, 0.1) is 0 Å². The Morgan fingerprint density at radius 1 is 0.594 bits per heavy atom. The maximum absolute atomic E-state index is 5.89. The fraction of sp³-hybridized carbons (Fsp3) is 0.889. The van der Waals surface area contributed by atoms with Crippen molar-refractivity contribution in [1.82, 2.24) is 20.0 Å². The maximum atomic E-state index is 5.89. The van der Waals surface area contributed by atoms with Gasteiger partial charge in [0.25, 0.3) is 13.3 Å². The lowest BCUT2D eigenvalue weighted by atomic mass is 10.3. The normalized spacial score (nSPS) is 15.8. The van der Waals surface area contributed by atoms with Gasteiger partial charge in [-0.1, -0.05) is 0 Å². The van der Waals surface area contributed by atoms with Crippen molar-refractivity contribution in [1.29, 1.82) is 0 Å². The summed E-state index contributed by atoms with van der Waals surface area (Å²) in [4.78, 5) is 4.10. The zero-order valence-electron chi connectivity index (χ0n) is 20.2. The van der Waals surface area contributed by atoms with E-state index in [4.69, 9.17) is 66.1 Å². The fourth-order valence-electron chi connectivity index (χ4n) is 2.75. The molecular formula is C18H38N4O4P2S4. The average molecular weight is 565 g/mol. The number of hydrogen-bond donors (Lipinski definition) is 2. The van der Waals surface area contributed by atoms with Crippen molar-refractivity contribution in [2.75, 3.05) is 26.2 Å². The Bertz CT molecular complexity index is 644. The summed E-state index contributed by atoms with van der Waals surface area (Å²) in [6.07, 6.45) is -0.284. The fourth-order valence-corrected chi connectivity index (χ4v) is 10.1. The summed E-state index contributed by atoms with van der Waals surface area (Å²) < 4.78 is 23.6. The van der Waals surface area contributed by atoms with Gasteiger partial charge in [0.1, 0.15) is 0 Å². The second-order valence-electron chi connectivity index (χ2n) is 8.42. The van der Waals surface area contributed by atoms with E-state index in [0.29, 0.717) is 36.4 Å². The van der Waals surface area contributed by atoms with Crippen LogP contribution >= 0.6 is 37.7 Å². The minimum Gasteiger partial charge on any atom is -0.345 e. The van der Waals surface area contributed by atoms with E-state index in [-0.39, 0.29) is 24.4 Å². The van der Waals surface area contributed by atoms with Crippen molar-refractivity contribution in [3.8, 4) is 0 Å². The molecule has 0 radical (unpaired) electrons. The molecule has 188 valence electrons. The van der Waals surface area contributed by atoms with Gasteiger partial charge in [0.15, 0.2) is 10.2 Å². The summed E-state index contributed by atoms with van der Waals surface area (Å²) in [6, 6.07) is 0. The molecule has 1 aliphatic rings. The molecule has 0 amide bonds. The summed E-state index contributed by atoms with van der Waals surface area (Å²) in [5.74, 6) is 0. The quantitative estimate of drug-likeness (QED) is 0.290. The summed E-state index contributed by atoms with van der Waals surface area (Å²) >= 11 is 22.5. The van der Waals surface area contributed by atoms with Gasteiger partial charge in [0, 0.05) is 26.2 Å². The Morgan fingerprint density at radius 2 is 0.812 bits per heavy atom. The average Bonchev–Trinajstić information content (AvgIpc) is 2.57. The van der Waals surface area contributed by atoms with Gasteiger partial charge in [-0.3, -0.25) is 10.2 Å². The lowest BCUT2D eigenvalue weighted by molar-refractivity contribution is 0.169. The van der Waals surface area contributed by atoms with Crippen LogP contribution in [-0.2, 0) is 41.7 Å². The van der Waals surface area contributed by atoms with E-state index in [1.54, 1.807) is 0 Å². The zero-order valence-corrected chi connectivity index (χ0v) is 25.2. The molecule has 0 aromatic carbocycles. The first-order valence-corrected chi connectivity index (χ1v) is 16.8. The molecule has 0 atom stereocenters. The maximum Gasteiger partial charge on any atom is 0.289 e. The number of hydrogen-bond acceptors (Lipinski definition) is 8. The van der Waals surface area contributed by atoms with Crippen LogP contribution < -0.4 is 10.2 Å². The first kappa shape index (κ1) is 30.6. The third-order valence-corrected chi connectivity index (χ3v) is 10.1. The third kappa shape index (κ3) is 11.3. The Kier molecular flexibility index (Phi) is 13.0. The summed E-state index contributed by atoms with van der Waals surface area (Å²) in [5.41, 5.74) is 0. The standard InChI is InChI=1S/C18H38N4O4P2S4/c1-13(2)23-27(31,24-14(3)4)19-17(29)21-9-11-22(12-10-21)18(30)20-28(32,25-15(5)6)26-16(7)8/h13-16H,9-12H2,1-8H3,(H,19,29,31)(H,20,30,32). The first-order valence-electron chi connectivity index (χ1n) is 10.7. The molecule has 1 aliphatic heterocycles. The molecule has 0 bridgehead atoms. The van der Waals surface area contributed by atoms with Crippen LogP contribution in [0.2, 0.25) is 0 Å². The molecule has 0 saturated carbocycles. The topological polar surface area (TPSA) is 67.5 Å². The molecule has 14 heteroatoms. The van der Waals surface area contributed by atoms with Crippen LogP contribution in [0.3, 0.4) is 0 Å². The van der Waals surface area contributed by atoms with Crippen LogP contribution in [0.1, 0.15) is 55.4 Å². The van der Waals surface area contributed by atoms with E-state index >= 15 is 0 Å². The number of rotatable bonds is 10. The molecule has 0 aliphatic carbocycles. The Balaban J connectivity index is 2.71. The second kappa shape index (κ2) is 13.6. The van der Waals surface area contributed by atoms with Gasteiger partial charge in [-0.2, -0.15) is 0 Å². The van der Waals surface area contributed by atoms with E-state index in [0.717, 1.165) is 0 Å². The van der Waals surface area contributed by atoms with Gasteiger partial charge < -0.3 is 27.9 Å². The largest absolute Gasteiger partial charge is 0.345 e. The minimum atomic E-state index is -2.74. The Morgan fingerprint density at radius 3 is 1.00 bits per heavy atom. The van der Waals surface area contributed by atoms with Crippen molar-refractivity contribution in [3.63, 3.8) is 0 Å². The van der Waals surface area contributed by atoms with Crippen molar-refractivity contribution < 1.29 is 18.1 Å². The van der Waals surface area contributed by atoms with Gasteiger partial charge in [0.05, 0.1) is 24.4 Å². The molecule has 32 heavy (non-hydrogen) atoms. The van der Waals surface area contributed by atoms with Crippen LogP contribution in [0.4, 0.5) is 0 Å². The van der Waals surface area contributed by atoms with E-state index in [2.05, 4.69) is 10.2 Å². The number of nitrogens with zero attached hydrogens (tertiary/aromatic N) is 2. The van der Waals surface area contributed by atoms with Crippen molar-refractivity contribution >= 4 is 71.6 Å². The van der Waals surface area contributed by atoms with E-state index in [9.17, 15) is 0 Å². The summed E-state index contributed by atoms with van der Waals surface area (Å²) in [7, 11) is 0. The molecule has 1 heterocycles. The zero-order chi connectivity index (χ0) is 24.7. The van der Waals surface area contributed by atoms with Gasteiger partial charge in [0.2, 0.25) is 0 Å². The highest BCUT2D eigenvalue weighted by Gasteiger charge is 2.30. The third-order valence-electron chi connectivity index (χ3n) is 3.72. The molecule has 0 aromatic heterocycles. The van der Waals surface area contributed by atoms with Gasteiger partial charge in [-0.15, -0.1) is 0 Å². The van der Waals surface area contributed by atoms with Crippen molar-refractivity contribution in [2.24, 2.45) is 0 Å². The predicted molar refractivity (Wildman–Crippen MR) is 148 cm³/mol. The molecule has 0 spiro atoms. The highest BCUT2D eigenvalue weighted by molar-refractivity contribution is 8.09. The minimum absolute atomic E-state index is 0.0710. The molecule has 1 fully saturated rings. The van der Waals surface area contributed by atoms with Crippen molar-refractivity contribution in [2.45, 2.75) is 79.8 Å². The monoisotopic (exact) mass is 564 g/mol. The molecule has 1 saturated heterocycles. The van der Waals surface area contributed by atoms with E-state index < -0.39 is 13.3 Å². The number of thiocarbonyl (C=S) groups is 2. The van der Waals surface area contributed by atoms with Gasteiger partial charge in [-0.25, -0.2) is 0 Å². The SMILES string of the molecule is CC(C)OP(=S)(NC(=S)N1CCN(C(=S)NP(=S)(OC(C)C)OC(C)C)CC1)OC(C)C. The molecule has 0 aromatic rings. The molecular weight excluding hydrogens is 526 g/mol. The smallest absolute Gasteiger partial charge is 0.289 e. The number of nitrogens with one attached hydrogen (secondary N) is 2. The predicted octanol–water partition coefficient (Wildman–Crippen LogP) is 4.50. The van der Waals surface area contributed by atoms with Crippen LogP contribution in [0.15, 0.2) is 0 Å². The number of piperazine rings is 1. The van der Waals surface area contributed by atoms with E-state index in [1.807, 2.05) is 65.2 Å². The summed E-state index contributed by atoms with van der Waals surface area (Å²) in [5, 5.41) is 7.41. The van der Waals surface area contributed by atoms with Gasteiger partial charge in [-0.05, 0) is 103 Å². The van der Waals surface area contributed by atoms with Crippen LogP contribution in [0.25, 0.3) is 0 Å². The molecule has 1 rings (SSSR count). The second-order valence-corrected chi connectivity index (χ2v) is 15.4. The highest BCUT2D eigenvalue weighted by Crippen LogP contribution is 2.47. The van der Waals surface area contributed by atoms with Gasteiger partial charge >= 0.3 is 0 Å². The van der Waals surface area contributed by atoms with E-state index in [1.165, 1.54) is 0 Å². The lowest BCUT2D eigenvalue weighted by Crippen LogP contribution is -2.54. The van der Waals surface area contributed by atoms with Crippen LogP contribution in [-0.4, -0.2) is 70.6 Å². The van der Waals surface area contributed by atoms with Crippen molar-refractivity contribution in [3.05, 3.63) is 0 Å².